The Morgan fingerprint density at radius 1 is 1.07 bits per heavy atom. The summed E-state index contributed by atoms with van der Waals surface area (Å²) in [6.07, 6.45) is 1.73. The van der Waals surface area contributed by atoms with Gasteiger partial charge in [-0.2, -0.15) is 0 Å². The molecule has 5 nitrogen and oxygen atoms in total. The van der Waals surface area contributed by atoms with E-state index < -0.39 is 10.0 Å². The average molecular weight is 447 g/mol. The van der Waals surface area contributed by atoms with Gasteiger partial charge in [-0.1, -0.05) is 18.2 Å². The van der Waals surface area contributed by atoms with Crippen molar-refractivity contribution >= 4 is 38.6 Å². The number of carbonyl (C=O) groups is 1. The molecule has 1 N–H and O–H groups in total. The number of rotatable bonds is 8. The fourth-order valence-electron chi connectivity index (χ4n) is 3.04. The molecule has 1 aliphatic carbocycles. The van der Waals surface area contributed by atoms with Gasteiger partial charge < -0.3 is 4.90 Å². The summed E-state index contributed by atoms with van der Waals surface area (Å²) in [6.45, 7) is 2.82. The SMILES string of the molecule is Cc1ccc(S(=O)(=O)NC2CC2)cc1C(=O)N(Cc1cccs1)Cc1cccs1. The van der Waals surface area contributed by atoms with Crippen LogP contribution >= 0.6 is 22.7 Å². The van der Waals surface area contributed by atoms with Crippen LogP contribution < -0.4 is 4.72 Å². The summed E-state index contributed by atoms with van der Waals surface area (Å²) < 4.78 is 27.9. The van der Waals surface area contributed by atoms with Crippen LogP contribution in [0.25, 0.3) is 0 Å². The second-order valence-corrected chi connectivity index (χ2v) is 11.0. The van der Waals surface area contributed by atoms with Gasteiger partial charge in [-0.05, 0) is 60.4 Å². The lowest BCUT2D eigenvalue weighted by Crippen LogP contribution is -2.31. The average Bonchev–Trinajstić information content (AvgIpc) is 3.12. The number of benzene rings is 1. The molecule has 0 aliphatic heterocycles. The Balaban J connectivity index is 1.64. The van der Waals surface area contributed by atoms with E-state index in [1.54, 1.807) is 39.7 Å². The molecule has 8 heteroatoms. The van der Waals surface area contributed by atoms with E-state index in [-0.39, 0.29) is 16.8 Å². The maximum atomic E-state index is 13.5. The molecule has 0 spiro atoms. The Labute approximate surface area is 179 Å². The second kappa shape index (κ2) is 8.39. The van der Waals surface area contributed by atoms with Gasteiger partial charge in [0.25, 0.3) is 5.91 Å². The summed E-state index contributed by atoms with van der Waals surface area (Å²) in [6, 6.07) is 12.8. The lowest BCUT2D eigenvalue weighted by Gasteiger charge is -2.23. The first-order chi connectivity index (χ1) is 13.9. The molecule has 4 rings (SSSR count). The Bertz CT molecular complexity index is 1050. The van der Waals surface area contributed by atoms with Crippen molar-refractivity contribution in [2.45, 2.75) is 43.8 Å². The normalized spacial score (nSPS) is 14.1. The minimum absolute atomic E-state index is 0.0228. The smallest absolute Gasteiger partial charge is 0.254 e. The molecule has 0 unspecified atom stereocenters. The van der Waals surface area contributed by atoms with Gasteiger partial charge in [-0.25, -0.2) is 13.1 Å². The third-order valence-corrected chi connectivity index (χ3v) is 8.03. The Kier molecular flexibility index (Phi) is 5.87. The Morgan fingerprint density at radius 2 is 1.69 bits per heavy atom. The summed E-state index contributed by atoms with van der Waals surface area (Å²) in [5.41, 5.74) is 1.19. The van der Waals surface area contributed by atoms with Crippen molar-refractivity contribution in [1.29, 1.82) is 0 Å². The van der Waals surface area contributed by atoms with E-state index in [2.05, 4.69) is 4.72 Å². The minimum atomic E-state index is -3.61. The number of carbonyl (C=O) groups excluding carboxylic acids is 1. The van der Waals surface area contributed by atoms with Gasteiger partial charge in [0.05, 0.1) is 18.0 Å². The van der Waals surface area contributed by atoms with Crippen molar-refractivity contribution in [3.63, 3.8) is 0 Å². The predicted octanol–water partition coefficient (Wildman–Crippen LogP) is 4.40. The maximum absolute atomic E-state index is 13.5. The molecular weight excluding hydrogens is 424 g/mol. The van der Waals surface area contributed by atoms with Crippen molar-refractivity contribution in [3.8, 4) is 0 Å². The van der Waals surface area contributed by atoms with Crippen LogP contribution in [0.3, 0.4) is 0 Å². The van der Waals surface area contributed by atoms with Gasteiger partial charge in [0.2, 0.25) is 10.0 Å². The number of hydrogen-bond acceptors (Lipinski definition) is 5. The van der Waals surface area contributed by atoms with Gasteiger partial charge in [-0.15, -0.1) is 22.7 Å². The Morgan fingerprint density at radius 3 is 2.21 bits per heavy atom. The number of aryl methyl sites for hydroxylation is 1. The molecule has 1 fully saturated rings. The van der Waals surface area contributed by atoms with E-state index in [0.717, 1.165) is 28.2 Å². The molecule has 1 aliphatic rings. The molecule has 2 aromatic heterocycles. The highest BCUT2D eigenvalue weighted by atomic mass is 32.2. The van der Waals surface area contributed by atoms with Gasteiger partial charge in [0.15, 0.2) is 0 Å². The summed E-state index contributed by atoms with van der Waals surface area (Å²) in [5, 5.41) is 3.98. The van der Waals surface area contributed by atoms with E-state index in [0.29, 0.717) is 18.7 Å². The van der Waals surface area contributed by atoms with Gasteiger partial charge in [0, 0.05) is 21.4 Å². The molecule has 3 aromatic rings. The number of hydrogen-bond donors (Lipinski definition) is 1. The Hall–Kier alpha value is -2.00. The molecule has 0 saturated heterocycles. The van der Waals surface area contributed by atoms with Gasteiger partial charge in [-0.3, -0.25) is 4.79 Å². The van der Waals surface area contributed by atoms with Gasteiger partial charge in [0.1, 0.15) is 0 Å². The summed E-state index contributed by atoms with van der Waals surface area (Å²) in [5.74, 6) is -0.159. The molecule has 152 valence electrons. The van der Waals surface area contributed by atoms with Crippen LogP contribution in [-0.4, -0.2) is 25.3 Å². The molecule has 0 atom stereocenters. The van der Waals surface area contributed by atoms with Crippen LogP contribution in [0, 0.1) is 6.92 Å². The third kappa shape index (κ3) is 4.95. The van der Waals surface area contributed by atoms with Crippen LogP contribution in [0.2, 0.25) is 0 Å². The lowest BCUT2D eigenvalue weighted by atomic mass is 10.1. The van der Waals surface area contributed by atoms with E-state index in [4.69, 9.17) is 0 Å². The topological polar surface area (TPSA) is 66.5 Å². The number of amides is 1. The second-order valence-electron chi connectivity index (χ2n) is 7.19. The molecule has 29 heavy (non-hydrogen) atoms. The van der Waals surface area contributed by atoms with E-state index in [9.17, 15) is 13.2 Å². The van der Waals surface area contributed by atoms with Crippen molar-refractivity contribution < 1.29 is 13.2 Å². The highest BCUT2D eigenvalue weighted by Crippen LogP contribution is 2.25. The van der Waals surface area contributed by atoms with E-state index in [1.807, 2.05) is 41.9 Å². The molecular formula is C21H22N2O3S3. The summed E-state index contributed by atoms with van der Waals surface area (Å²) >= 11 is 3.21. The van der Waals surface area contributed by atoms with Crippen LogP contribution in [-0.2, 0) is 23.1 Å². The van der Waals surface area contributed by atoms with Crippen LogP contribution in [0.1, 0.15) is 38.5 Å². The molecule has 1 saturated carbocycles. The van der Waals surface area contributed by atoms with Crippen LogP contribution in [0.4, 0.5) is 0 Å². The highest BCUT2D eigenvalue weighted by molar-refractivity contribution is 7.89. The van der Waals surface area contributed by atoms with E-state index in [1.165, 1.54) is 6.07 Å². The quantitative estimate of drug-likeness (QED) is 0.558. The van der Waals surface area contributed by atoms with E-state index >= 15 is 0 Å². The van der Waals surface area contributed by atoms with Crippen molar-refractivity contribution in [2.75, 3.05) is 0 Å². The zero-order chi connectivity index (χ0) is 20.4. The van der Waals surface area contributed by atoms with Crippen molar-refractivity contribution in [3.05, 3.63) is 74.1 Å². The first kappa shape index (κ1) is 20.3. The van der Waals surface area contributed by atoms with Gasteiger partial charge >= 0.3 is 0 Å². The monoisotopic (exact) mass is 446 g/mol. The summed E-state index contributed by atoms with van der Waals surface area (Å²) in [4.78, 5) is 17.6. The first-order valence-electron chi connectivity index (χ1n) is 9.39. The first-order valence-corrected chi connectivity index (χ1v) is 12.6. The zero-order valence-corrected chi connectivity index (χ0v) is 18.4. The fourth-order valence-corrected chi connectivity index (χ4v) is 5.81. The number of nitrogens with one attached hydrogen (secondary N) is 1. The standard InChI is InChI=1S/C21H22N2O3S3/c1-15-6-9-19(29(25,26)22-16-7-8-16)12-20(15)21(24)23(13-17-4-2-10-27-17)14-18-5-3-11-28-18/h2-6,9-12,16,22H,7-8,13-14H2,1H3. The van der Waals surface area contributed by atoms with Crippen molar-refractivity contribution in [1.82, 2.24) is 9.62 Å². The largest absolute Gasteiger partial charge is 0.328 e. The number of thiophene rings is 2. The molecule has 2 heterocycles. The fraction of sp³-hybridized carbons (Fsp3) is 0.286. The predicted molar refractivity (Wildman–Crippen MR) is 117 cm³/mol. The molecule has 0 bridgehead atoms. The van der Waals surface area contributed by atoms with Crippen LogP contribution in [0.5, 0.6) is 0 Å². The molecule has 1 aromatic carbocycles. The number of nitrogens with zero attached hydrogens (tertiary/aromatic N) is 1. The number of sulfonamides is 1. The van der Waals surface area contributed by atoms with Crippen molar-refractivity contribution in [2.24, 2.45) is 0 Å². The third-order valence-electron chi connectivity index (χ3n) is 4.79. The molecule has 1 amide bonds. The molecule has 0 radical (unpaired) electrons. The minimum Gasteiger partial charge on any atom is -0.328 e. The highest BCUT2D eigenvalue weighted by Gasteiger charge is 2.29. The van der Waals surface area contributed by atoms with Crippen LogP contribution in [0.15, 0.2) is 58.1 Å². The zero-order valence-electron chi connectivity index (χ0n) is 16.0. The summed E-state index contributed by atoms with van der Waals surface area (Å²) in [7, 11) is -3.61. The lowest BCUT2D eigenvalue weighted by molar-refractivity contribution is 0.0732. The maximum Gasteiger partial charge on any atom is 0.254 e.